The molecule has 2 atom stereocenters. The quantitative estimate of drug-likeness (QED) is 0.770. The van der Waals surface area contributed by atoms with Crippen LogP contribution in [0.1, 0.15) is 37.2 Å². The molecule has 1 aliphatic rings. The van der Waals surface area contributed by atoms with Crippen LogP contribution in [0, 0.1) is 11.7 Å². The Bertz CT molecular complexity index is 418. The molecule has 98 valence electrons. The predicted octanol–water partition coefficient (Wildman–Crippen LogP) is 2.52. The van der Waals surface area contributed by atoms with E-state index in [9.17, 15) is 9.18 Å². The van der Waals surface area contributed by atoms with Crippen LogP contribution < -0.4 is 0 Å². The van der Waals surface area contributed by atoms with E-state index >= 15 is 0 Å². The number of hydrogen-bond donors (Lipinski definition) is 0. The number of nitrogens with zero attached hydrogens (tertiary/aromatic N) is 2. The molecule has 1 saturated heterocycles. The number of ketones is 1. The number of aromatic nitrogens is 1. The normalized spacial score (nSPS) is 22.1. The lowest BCUT2D eigenvalue weighted by atomic mass is 10.0. The maximum atomic E-state index is 12.7. The average Bonchev–Trinajstić information content (AvgIpc) is 2.75. The molecule has 2 heterocycles. The third-order valence-corrected chi connectivity index (χ3v) is 3.63. The van der Waals surface area contributed by atoms with Crippen molar-refractivity contribution >= 4 is 5.78 Å². The summed E-state index contributed by atoms with van der Waals surface area (Å²) in [5.74, 6) is -0.509. The lowest BCUT2D eigenvalue weighted by molar-refractivity contribution is 0.0886. The van der Waals surface area contributed by atoms with Crippen molar-refractivity contribution < 1.29 is 9.18 Å². The molecule has 0 aliphatic carbocycles. The van der Waals surface area contributed by atoms with Gasteiger partial charge in [0, 0.05) is 18.5 Å². The van der Waals surface area contributed by atoms with Gasteiger partial charge in [-0.1, -0.05) is 6.92 Å². The van der Waals surface area contributed by atoms with Crippen molar-refractivity contribution in [3.8, 4) is 0 Å². The SMILES string of the molecule is CC(CN1CCCC1C)C(=O)c1ccc(F)cn1. The number of hydrogen-bond acceptors (Lipinski definition) is 3. The second-order valence-corrected chi connectivity index (χ2v) is 5.11. The van der Waals surface area contributed by atoms with Crippen molar-refractivity contribution in [1.29, 1.82) is 0 Å². The Morgan fingerprint density at radius 1 is 1.61 bits per heavy atom. The largest absolute Gasteiger partial charge is 0.300 e. The summed E-state index contributed by atoms with van der Waals surface area (Å²) in [5.41, 5.74) is 0.357. The summed E-state index contributed by atoms with van der Waals surface area (Å²) in [6.45, 7) is 5.94. The summed E-state index contributed by atoms with van der Waals surface area (Å²) in [5, 5.41) is 0. The Hall–Kier alpha value is -1.29. The Labute approximate surface area is 107 Å². The summed E-state index contributed by atoms with van der Waals surface area (Å²) < 4.78 is 12.7. The molecule has 4 heteroatoms. The van der Waals surface area contributed by atoms with Gasteiger partial charge in [0.25, 0.3) is 0 Å². The predicted molar refractivity (Wildman–Crippen MR) is 68.0 cm³/mol. The molecule has 1 aromatic rings. The summed E-state index contributed by atoms with van der Waals surface area (Å²) >= 11 is 0. The fraction of sp³-hybridized carbons (Fsp3) is 0.571. The molecule has 2 rings (SSSR count). The summed E-state index contributed by atoms with van der Waals surface area (Å²) in [6.07, 6.45) is 3.50. The summed E-state index contributed by atoms with van der Waals surface area (Å²) in [6, 6.07) is 3.30. The van der Waals surface area contributed by atoms with E-state index in [-0.39, 0.29) is 11.7 Å². The number of carbonyl (C=O) groups excluding carboxylic acids is 1. The summed E-state index contributed by atoms with van der Waals surface area (Å²) in [7, 11) is 0. The van der Waals surface area contributed by atoms with Crippen molar-refractivity contribution in [2.24, 2.45) is 5.92 Å². The van der Waals surface area contributed by atoms with E-state index in [1.54, 1.807) is 0 Å². The van der Waals surface area contributed by atoms with Gasteiger partial charge in [0.2, 0.25) is 0 Å². The highest BCUT2D eigenvalue weighted by molar-refractivity contribution is 5.95. The third kappa shape index (κ3) is 2.93. The lowest BCUT2D eigenvalue weighted by Crippen LogP contribution is -2.34. The molecule has 0 saturated carbocycles. The first-order chi connectivity index (χ1) is 8.58. The topological polar surface area (TPSA) is 33.2 Å². The van der Waals surface area contributed by atoms with Crippen LogP contribution in [0.4, 0.5) is 4.39 Å². The van der Waals surface area contributed by atoms with Crippen molar-refractivity contribution in [2.45, 2.75) is 32.7 Å². The van der Waals surface area contributed by atoms with E-state index in [1.807, 2.05) is 6.92 Å². The Morgan fingerprint density at radius 3 is 2.94 bits per heavy atom. The molecule has 0 spiro atoms. The van der Waals surface area contributed by atoms with E-state index in [0.717, 1.165) is 19.3 Å². The van der Waals surface area contributed by atoms with Crippen LogP contribution >= 0.6 is 0 Å². The highest BCUT2D eigenvalue weighted by Gasteiger charge is 2.25. The molecule has 3 nitrogen and oxygen atoms in total. The molecule has 1 aliphatic heterocycles. The number of halogens is 1. The molecule has 0 N–H and O–H groups in total. The van der Waals surface area contributed by atoms with Gasteiger partial charge < -0.3 is 0 Å². The summed E-state index contributed by atoms with van der Waals surface area (Å²) in [4.78, 5) is 18.3. The van der Waals surface area contributed by atoms with Crippen LogP contribution in [0.15, 0.2) is 18.3 Å². The van der Waals surface area contributed by atoms with E-state index in [0.29, 0.717) is 11.7 Å². The highest BCUT2D eigenvalue weighted by Crippen LogP contribution is 2.19. The zero-order chi connectivity index (χ0) is 13.1. The molecule has 1 fully saturated rings. The lowest BCUT2D eigenvalue weighted by Gasteiger charge is -2.23. The standard InChI is InChI=1S/C14H19FN2O/c1-10(9-17-7-3-4-11(17)2)14(18)13-6-5-12(15)8-16-13/h5-6,8,10-11H,3-4,7,9H2,1-2H3. The van der Waals surface area contributed by atoms with Crippen molar-refractivity contribution in [3.05, 3.63) is 29.8 Å². The first-order valence-corrected chi connectivity index (χ1v) is 6.47. The van der Waals surface area contributed by atoms with Gasteiger partial charge in [-0.15, -0.1) is 0 Å². The molecule has 0 amide bonds. The second-order valence-electron chi connectivity index (χ2n) is 5.11. The first-order valence-electron chi connectivity index (χ1n) is 6.47. The minimum Gasteiger partial charge on any atom is -0.300 e. The fourth-order valence-corrected chi connectivity index (χ4v) is 2.47. The zero-order valence-electron chi connectivity index (χ0n) is 10.9. The Morgan fingerprint density at radius 2 is 2.39 bits per heavy atom. The second kappa shape index (κ2) is 5.57. The molecule has 0 radical (unpaired) electrons. The van der Waals surface area contributed by atoms with Crippen molar-refractivity contribution in [3.63, 3.8) is 0 Å². The van der Waals surface area contributed by atoms with Gasteiger partial charge >= 0.3 is 0 Å². The van der Waals surface area contributed by atoms with E-state index in [1.165, 1.54) is 25.0 Å². The van der Waals surface area contributed by atoms with Gasteiger partial charge in [0.15, 0.2) is 5.78 Å². The van der Waals surface area contributed by atoms with Gasteiger partial charge in [0.05, 0.1) is 6.20 Å². The number of Topliss-reactive ketones (excluding diaryl/α,β-unsaturated/α-hetero) is 1. The Balaban J connectivity index is 1.98. The van der Waals surface area contributed by atoms with Gasteiger partial charge in [-0.2, -0.15) is 0 Å². The number of rotatable bonds is 4. The molecule has 2 unspecified atom stereocenters. The van der Waals surface area contributed by atoms with Crippen LogP contribution in [0.3, 0.4) is 0 Å². The molecular formula is C14H19FN2O. The van der Waals surface area contributed by atoms with Crippen molar-refractivity contribution in [1.82, 2.24) is 9.88 Å². The minimum atomic E-state index is -0.410. The fourth-order valence-electron chi connectivity index (χ4n) is 2.47. The maximum absolute atomic E-state index is 12.7. The van der Waals surface area contributed by atoms with Gasteiger partial charge in [-0.25, -0.2) is 4.39 Å². The molecule has 1 aromatic heterocycles. The molecule has 18 heavy (non-hydrogen) atoms. The molecular weight excluding hydrogens is 231 g/mol. The maximum Gasteiger partial charge on any atom is 0.185 e. The minimum absolute atomic E-state index is 0.00546. The van der Waals surface area contributed by atoms with E-state index < -0.39 is 5.82 Å². The third-order valence-electron chi connectivity index (χ3n) is 3.63. The van der Waals surface area contributed by atoms with Gasteiger partial charge in [0.1, 0.15) is 11.5 Å². The van der Waals surface area contributed by atoms with Crippen LogP contribution in [-0.4, -0.2) is 34.8 Å². The van der Waals surface area contributed by atoms with E-state index in [2.05, 4.69) is 16.8 Å². The molecule has 0 bridgehead atoms. The number of carbonyl (C=O) groups is 1. The van der Waals surface area contributed by atoms with E-state index in [4.69, 9.17) is 0 Å². The van der Waals surface area contributed by atoms with Crippen LogP contribution in [-0.2, 0) is 0 Å². The van der Waals surface area contributed by atoms with Crippen LogP contribution in [0.5, 0.6) is 0 Å². The Kier molecular flexibility index (Phi) is 4.07. The smallest absolute Gasteiger partial charge is 0.185 e. The van der Waals surface area contributed by atoms with Crippen molar-refractivity contribution in [2.75, 3.05) is 13.1 Å². The highest BCUT2D eigenvalue weighted by atomic mass is 19.1. The first kappa shape index (κ1) is 13.1. The number of pyridine rings is 1. The van der Waals surface area contributed by atoms with Gasteiger partial charge in [-0.3, -0.25) is 14.7 Å². The zero-order valence-corrected chi connectivity index (χ0v) is 10.9. The van der Waals surface area contributed by atoms with Gasteiger partial charge in [-0.05, 0) is 38.4 Å². The molecule has 0 aromatic carbocycles. The average molecular weight is 250 g/mol. The van der Waals surface area contributed by atoms with Crippen LogP contribution in [0.25, 0.3) is 0 Å². The van der Waals surface area contributed by atoms with Crippen LogP contribution in [0.2, 0.25) is 0 Å². The number of likely N-dealkylation sites (tertiary alicyclic amines) is 1. The monoisotopic (exact) mass is 250 g/mol.